The Bertz CT molecular complexity index is 701. The van der Waals surface area contributed by atoms with Crippen molar-refractivity contribution in [2.75, 3.05) is 26.7 Å². The Morgan fingerprint density at radius 2 is 2.04 bits per heavy atom. The molecule has 1 spiro atoms. The Balaban J connectivity index is 1.74. The SMILES string of the molecule is COc1cc(CN2CC3(CCN(C(C)=O)CC3)C[C@H]2C(=O)O)ccc1F. The lowest BCUT2D eigenvalue weighted by Gasteiger charge is -2.39. The second-order valence-electron chi connectivity index (χ2n) is 7.44. The summed E-state index contributed by atoms with van der Waals surface area (Å²) in [6.45, 7) is 4.04. The van der Waals surface area contributed by atoms with E-state index in [1.807, 2.05) is 9.80 Å². The molecule has 0 aromatic heterocycles. The maximum absolute atomic E-state index is 13.6. The second-order valence-corrected chi connectivity index (χ2v) is 7.44. The molecule has 2 heterocycles. The number of rotatable bonds is 4. The van der Waals surface area contributed by atoms with Crippen LogP contribution in [-0.4, -0.2) is 59.6 Å². The Kier molecular flexibility index (Phi) is 5.18. The van der Waals surface area contributed by atoms with Crippen LogP contribution in [0.3, 0.4) is 0 Å². The van der Waals surface area contributed by atoms with Gasteiger partial charge in [0.15, 0.2) is 11.6 Å². The van der Waals surface area contributed by atoms with E-state index in [-0.39, 0.29) is 17.1 Å². The number of likely N-dealkylation sites (tertiary alicyclic amines) is 2. The first kappa shape index (κ1) is 18.6. The smallest absolute Gasteiger partial charge is 0.320 e. The van der Waals surface area contributed by atoms with Crippen molar-refractivity contribution in [3.05, 3.63) is 29.6 Å². The maximum atomic E-state index is 13.6. The molecular formula is C19H25FN2O4. The number of nitrogens with zero attached hydrogens (tertiary/aromatic N) is 2. The fraction of sp³-hybridized carbons (Fsp3) is 0.579. The Morgan fingerprint density at radius 1 is 1.35 bits per heavy atom. The van der Waals surface area contributed by atoms with Gasteiger partial charge < -0.3 is 14.7 Å². The van der Waals surface area contributed by atoms with E-state index in [2.05, 4.69) is 0 Å². The summed E-state index contributed by atoms with van der Waals surface area (Å²) in [5.74, 6) is -1.02. The van der Waals surface area contributed by atoms with Crippen LogP contribution < -0.4 is 4.74 Å². The van der Waals surface area contributed by atoms with Gasteiger partial charge >= 0.3 is 5.97 Å². The molecule has 0 unspecified atom stereocenters. The van der Waals surface area contributed by atoms with E-state index in [9.17, 15) is 19.1 Å². The van der Waals surface area contributed by atoms with Crippen molar-refractivity contribution in [3.8, 4) is 5.75 Å². The number of amides is 1. The summed E-state index contributed by atoms with van der Waals surface area (Å²) in [4.78, 5) is 27.1. The number of benzene rings is 1. The average molecular weight is 364 g/mol. The van der Waals surface area contributed by atoms with Gasteiger partial charge in [0.1, 0.15) is 6.04 Å². The summed E-state index contributed by atoms with van der Waals surface area (Å²) in [7, 11) is 1.41. The van der Waals surface area contributed by atoms with Crippen LogP contribution >= 0.6 is 0 Å². The standard InChI is InChI=1S/C19H25FN2O4/c1-13(23)21-7-5-19(6-8-21)10-16(18(24)25)22(12-19)11-14-3-4-15(20)17(9-14)26-2/h3-4,9,16H,5-8,10-12H2,1-2H3,(H,24,25)/t16-/m0/s1. The highest BCUT2D eigenvalue weighted by Gasteiger charge is 2.48. The van der Waals surface area contributed by atoms with Crippen molar-refractivity contribution in [1.29, 1.82) is 0 Å². The minimum absolute atomic E-state index is 0.0703. The molecule has 2 saturated heterocycles. The molecule has 0 bridgehead atoms. The van der Waals surface area contributed by atoms with Gasteiger partial charge in [-0.25, -0.2) is 4.39 Å². The molecule has 1 aromatic carbocycles. The summed E-state index contributed by atoms with van der Waals surface area (Å²) in [6.07, 6.45) is 2.23. The molecule has 0 saturated carbocycles. The molecule has 1 N–H and O–H groups in total. The Morgan fingerprint density at radius 3 is 2.62 bits per heavy atom. The number of hydrogen-bond donors (Lipinski definition) is 1. The van der Waals surface area contributed by atoms with Gasteiger partial charge in [0.05, 0.1) is 7.11 Å². The number of carboxylic acids is 1. The number of aliphatic carboxylic acids is 1. The third-order valence-corrected chi connectivity index (χ3v) is 5.76. The Labute approximate surface area is 152 Å². The summed E-state index contributed by atoms with van der Waals surface area (Å²) in [5.41, 5.74) is 0.756. The van der Waals surface area contributed by atoms with Crippen molar-refractivity contribution in [2.24, 2.45) is 5.41 Å². The first-order valence-corrected chi connectivity index (χ1v) is 8.88. The van der Waals surface area contributed by atoms with E-state index < -0.39 is 17.8 Å². The van der Waals surface area contributed by atoms with Gasteiger partial charge in [-0.05, 0) is 42.4 Å². The number of hydrogen-bond acceptors (Lipinski definition) is 4. The monoisotopic (exact) mass is 364 g/mol. The van der Waals surface area contributed by atoms with Gasteiger partial charge in [0.25, 0.3) is 0 Å². The highest BCUT2D eigenvalue weighted by molar-refractivity contribution is 5.74. The van der Waals surface area contributed by atoms with Gasteiger partial charge in [0.2, 0.25) is 5.91 Å². The number of piperidine rings is 1. The van der Waals surface area contributed by atoms with E-state index in [1.165, 1.54) is 13.2 Å². The summed E-state index contributed by atoms with van der Waals surface area (Å²) >= 11 is 0. The zero-order chi connectivity index (χ0) is 18.9. The van der Waals surface area contributed by atoms with Gasteiger partial charge in [-0.1, -0.05) is 6.07 Å². The van der Waals surface area contributed by atoms with Crippen LogP contribution in [0.1, 0.15) is 31.7 Å². The van der Waals surface area contributed by atoms with Crippen molar-refractivity contribution < 1.29 is 23.8 Å². The summed E-state index contributed by atoms with van der Waals surface area (Å²) in [6, 6.07) is 4.08. The highest BCUT2D eigenvalue weighted by Crippen LogP contribution is 2.44. The molecule has 2 aliphatic heterocycles. The van der Waals surface area contributed by atoms with Gasteiger partial charge in [0, 0.05) is 33.1 Å². The minimum atomic E-state index is -0.829. The van der Waals surface area contributed by atoms with E-state index in [0.717, 1.165) is 18.4 Å². The molecule has 0 aliphatic carbocycles. The topological polar surface area (TPSA) is 70.1 Å². The fourth-order valence-electron chi connectivity index (χ4n) is 4.25. The lowest BCUT2D eigenvalue weighted by molar-refractivity contribution is -0.142. The minimum Gasteiger partial charge on any atom is -0.494 e. The predicted molar refractivity (Wildman–Crippen MR) is 93.3 cm³/mol. The van der Waals surface area contributed by atoms with Crippen molar-refractivity contribution in [3.63, 3.8) is 0 Å². The maximum Gasteiger partial charge on any atom is 0.320 e. The second kappa shape index (κ2) is 7.23. The fourth-order valence-corrected chi connectivity index (χ4v) is 4.25. The van der Waals surface area contributed by atoms with E-state index >= 15 is 0 Å². The van der Waals surface area contributed by atoms with Crippen LogP contribution in [0, 0.1) is 11.2 Å². The molecule has 1 amide bonds. The number of carbonyl (C=O) groups excluding carboxylic acids is 1. The Hall–Kier alpha value is -2.15. The summed E-state index contributed by atoms with van der Waals surface area (Å²) in [5, 5.41) is 9.67. The number of carbonyl (C=O) groups is 2. The van der Waals surface area contributed by atoms with Crippen LogP contribution in [-0.2, 0) is 16.1 Å². The van der Waals surface area contributed by atoms with Gasteiger partial charge in [-0.3, -0.25) is 14.5 Å². The van der Waals surface area contributed by atoms with Crippen molar-refractivity contribution >= 4 is 11.9 Å². The molecule has 2 aliphatic rings. The average Bonchev–Trinajstić information content (AvgIpc) is 2.95. The first-order chi connectivity index (χ1) is 12.3. The van der Waals surface area contributed by atoms with Gasteiger partial charge in [-0.15, -0.1) is 0 Å². The quantitative estimate of drug-likeness (QED) is 0.886. The molecule has 1 aromatic rings. The third-order valence-electron chi connectivity index (χ3n) is 5.76. The highest BCUT2D eigenvalue weighted by atomic mass is 19.1. The lowest BCUT2D eigenvalue weighted by Crippen LogP contribution is -2.43. The van der Waals surface area contributed by atoms with Crippen LogP contribution in [0.5, 0.6) is 5.75 Å². The zero-order valence-electron chi connectivity index (χ0n) is 15.2. The van der Waals surface area contributed by atoms with Crippen LogP contribution in [0.15, 0.2) is 18.2 Å². The zero-order valence-corrected chi connectivity index (χ0v) is 15.2. The van der Waals surface area contributed by atoms with Gasteiger partial charge in [-0.2, -0.15) is 0 Å². The number of carboxylic acid groups (broad SMARTS) is 1. The molecule has 3 rings (SSSR count). The molecule has 142 valence electrons. The molecular weight excluding hydrogens is 339 g/mol. The molecule has 26 heavy (non-hydrogen) atoms. The lowest BCUT2D eigenvalue weighted by atomic mass is 9.76. The number of ether oxygens (including phenoxy) is 1. The van der Waals surface area contributed by atoms with Crippen molar-refractivity contribution in [1.82, 2.24) is 9.80 Å². The molecule has 6 nitrogen and oxygen atoms in total. The normalized spacial score (nSPS) is 22.6. The van der Waals surface area contributed by atoms with Crippen LogP contribution in [0.25, 0.3) is 0 Å². The molecule has 1 atom stereocenters. The van der Waals surface area contributed by atoms with E-state index in [0.29, 0.717) is 32.6 Å². The van der Waals surface area contributed by atoms with Crippen LogP contribution in [0.2, 0.25) is 0 Å². The number of halogens is 1. The summed E-state index contributed by atoms with van der Waals surface area (Å²) < 4.78 is 18.6. The molecule has 0 radical (unpaired) electrons. The number of methoxy groups -OCH3 is 1. The largest absolute Gasteiger partial charge is 0.494 e. The molecule has 2 fully saturated rings. The third kappa shape index (κ3) is 3.67. The van der Waals surface area contributed by atoms with E-state index in [1.54, 1.807) is 19.1 Å². The van der Waals surface area contributed by atoms with Crippen LogP contribution in [0.4, 0.5) is 4.39 Å². The first-order valence-electron chi connectivity index (χ1n) is 8.88. The van der Waals surface area contributed by atoms with Crippen molar-refractivity contribution in [2.45, 2.75) is 38.8 Å². The van der Waals surface area contributed by atoms with E-state index in [4.69, 9.17) is 4.74 Å². The predicted octanol–water partition coefficient (Wildman–Crippen LogP) is 2.12. The molecule has 7 heteroatoms.